The first-order valence-electron chi connectivity index (χ1n) is 1.47. The molecule has 0 heterocycles. The predicted octanol–water partition coefficient (Wildman–Crippen LogP) is 2.33. The zero-order valence-corrected chi connectivity index (χ0v) is 6.92. The molecule has 0 spiro atoms. The second-order valence-electron chi connectivity index (χ2n) is 0.935. The molecular formula is C3H9Br2N. The molecular weight excluding hydrogens is 210 g/mol. The molecule has 6 heavy (non-hydrogen) atoms. The molecule has 0 fully saturated rings. The molecule has 1 unspecified atom stereocenters. The highest BCUT2D eigenvalue weighted by Gasteiger charge is 1.84. The Labute approximate surface area is 55.3 Å². The fraction of sp³-hybridized carbons (Fsp3) is 1.00. The first-order chi connectivity index (χ1) is 2.27. The normalized spacial score (nSPS) is 12.5. The van der Waals surface area contributed by atoms with Crippen LogP contribution < -0.4 is 6.15 Å². The highest BCUT2D eigenvalue weighted by atomic mass is 79.9. The lowest BCUT2D eigenvalue weighted by atomic mass is 10.6. The van der Waals surface area contributed by atoms with Gasteiger partial charge in [-0.2, -0.15) is 0 Å². The lowest BCUT2D eigenvalue weighted by molar-refractivity contribution is 1.17. The van der Waals surface area contributed by atoms with Crippen molar-refractivity contribution >= 4 is 31.9 Å². The Balaban J connectivity index is 0. The van der Waals surface area contributed by atoms with Gasteiger partial charge in [0.25, 0.3) is 0 Å². The van der Waals surface area contributed by atoms with Gasteiger partial charge in [-0.15, -0.1) is 0 Å². The Bertz CT molecular complexity index is 22.8. The van der Waals surface area contributed by atoms with Crippen molar-refractivity contribution in [3.05, 3.63) is 0 Å². The maximum atomic E-state index is 3.33. The van der Waals surface area contributed by atoms with Gasteiger partial charge in [-0.3, -0.25) is 0 Å². The lowest BCUT2D eigenvalue weighted by Crippen LogP contribution is -1.85. The number of alkyl halides is 2. The third kappa shape index (κ3) is 8.87. The molecule has 0 aromatic rings. The average Bonchev–Trinajstić information content (AvgIpc) is 1.38. The molecule has 0 bridgehead atoms. The van der Waals surface area contributed by atoms with Gasteiger partial charge in [0.2, 0.25) is 0 Å². The Morgan fingerprint density at radius 1 is 1.67 bits per heavy atom. The van der Waals surface area contributed by atoms with Crippen molar-refractivity contribution in [2.24, 2.45) is 0 Å². The van der Waals surface area contributed by atoms with Crippen LogP contribution in [0.4, 0.5) is 0 Å². The van der Waals surface area contributed by atoms with Crippen molar-refractivity contribution in [3.63, 3.8) is 0 Å². The number of halogens is 2. The van der Waals surface area contributed by atoms with Crippen LogP contribution in [0, 0.1) is 0 Å². The summed E-state index contributed by atoms with van der Waals surface area (Å²) < 4.78 is 0. The van der Waals surface area contributed by atoms with Gasteiger partial charge in [-0.1, -0.05) is 38.8 Å². The zero-order chi connectivity index (χ0) is 4.28. The van der Waals surface area contributed by atoms with Crippen LogP contribution in [0.25, 0.3) is 0 Å². The molecule has 1 atom stereocenters. The van der Waals surface area contributed by atoms with E-state index in [9.17, 15) is 0 Å². The summed E-state index contributed by atoms with van der Waals surface area (Å²) in [5.74, 6) is 0. The van der Waals surface area contributed by atoms with Gasteiger partial charge in [0.05, 0.1) is 0 Å². The molecule has 0 aliphatic carbocycles. The molecule has 0 aliphatic rings. The van der Waals surface area contributed by atoms with E-state index in [0.717, 1.165) is 5.33 Å². The van der Waals surface area contributed by atoms with E-state index in [-0.39, 0.29) is 6.15 Å². The van der Waals surface area contributed by atoms with Crippen LogP contribution in [-0.2, 0) is 0 Å². The van der Waals surface area contributed by atoms with Gasteiger partial charge in [0.15, 0.2) is 0 Å². The highest BCUT2D eigenvalue weighted by Crippen LogP contribution is 1.99. The van der Waals surface area contributed by atoms with E-state index in [2.05, 4.69) is 38.8 Å². The maximum Gasteiger partial charge on any atom is 0.0214 e. The highest BCUT2D eigenvalue weighted by molar-refractivity contribution is 9.12. The minimum absolute atomic E-state index is 0. The number of rotatable bonds is 1. The molecule has 0 aromatic heterocycles. The molecule has 3 N–H and O–H groups in total. The topological polar surface area (TPSA) is 35.0 Å². The Kier molecular flexibility index (Phi) is 9.89. The van der Waals surface area contributed by atoms with Gasteiger partial charge in [0, 0.05) is 10.2 Å². The van der Waals surface area contributed by atoms with Crippen LogP contribution in [0.15, 0.2) is 0 Å². The van der Waals surface area contributed by atoms with Crippen LogP contribution in [0.2, 0.25) is 0 Å². The van der Waals surface area contributed by atoms with E-state index in [4.69, 9.17) is 0 Å². The number of hydrogen-bond donors (Lipinski definition) is 1. The largest absolute Gasteiger partial charge is 0.344 e. The van der Waals surface area contributed by atoms with Crippen molar-refractivity contribution in [2.45, 2.75) is 11.8 Å². The molecule has 40 valence electrons. The second-order valence-corrected chi connectivity index (χ2v) is 3.15. The third-order valence-electron chi connectivity index (χ3n) is 0.213. The quantitative estimate of drug-likeness (QED) is 0.674. The van der Waals surface area contributed by atoms with Gasteiger partial charge in [-0.25, -0.2) is 0 Å². The summed E-state index contributed by atoms with van der Waals surface area (Å²) >= 11 is 6.59. The lowest BCUT2D eigenvalue weighted by Gasteiger charge is -1.86. The van der Waals surface area contributed by atoms with E-state index in [1.54, 1.807) is 0 Å². The van der Waals surface area contributed by atoms with E-state index in [1.807, 2.05) is 0 Å². The van der Waals surface area contributed by atoms with Gasteiger partial charge in [0.1, 0.15) is 0 Å². The van der Waals surface area contributed by atoms with Gasteiger partial charge >= 0.3 is 0 Å². The molecule has 0 saturated carbocycles. The first kappa shape index (κ1) is 10.0. The summed E-state index contributed by atoms with van der Waals surface area (Å²) in [7, 11) is 0. The zero-order valence-electron chi connectivity index (χ0n) is 3.75. The summed E-state index contributed by atoms with van der Waals surface area (Å²) in [5, 5.41) is 1.03. The van der Waals surface area contributed by atoms with Crippen molar-refractivity contribution in [1.29, 1.82) is 0 Å². The van der Waals surface area contributed by atoms with E-state index >= 15 is 0 Å². The SMILES string of the molecule is CC(Br)CBr.N. The average molecular weight is 219 g/mol. The molecule has 1 nitrogen and oxygen atoms in total. The van der Waals surface area contributed by atoms with Crippen LogP contribution in [0.1, 0.15) is 6.92 Å². The molecule has 3 heteroatoms. The summed E-state index contributed by atoms with van der Waals surface area (Å²) in [4.78, 5) is 0.613. The Hall–Kier alpha value is 0.920. The summed E-state index contributed by atoms with van der Waals surface area (Å²) in [6.45, 7) is 2.09. The molecule has 0 aromatic carbocycles. The van der Waals surface area contributed by atoms with Crippen molar-refractivity contribution < 1.29 is 0 Å². The summed E-state index contributed by atoms with van der Waals surface area (Å²) in [5.41, 5.74) is 0. The Morgan fingerprint density at radius 2 is 1.83 bits per heavy atom. The molecule has 0 saturated heterocycles. The summed E-state index contributed by atoms with van der Waals surface area (Å²) in [6, 6.07) is 0. The van der Waals surface area contributed by atoms with E-state index in [1.165, 1.54) is 0 Å². The minimum atomic E-state index is 0. The predicted molar refractivity (Wildman–Crippen MR) is 37.2 cm³/mol. The van der Waals surface area contributed by atoms with Crippen molar-refractivity contribution in [1.82, 2.24) is 6.15 Å². The number of hydrogen-bond acceptors (Lipinski definition) is 1. The van der Waals surface area contributed by atoms with Crippen LogP contribution >= 0.6 is 31.9 Å². The van der Waals surface area contributed by atoms with Crippen LogP contribution in [-0.4, -0.2) is 10.2 Å². The van der Waals surface area contributed by atoms with Crippen LogP contribution in [0.3, 0.4) is 0 Å². The molecule has 0 rings (SSSR count). The maximum absolute atomic E-state index is 3.33. The molecule has 0 radical (unpaired) electrons. The molecule has 0 aliphatic heterocycles. The Morgan fingerprint density at radius 3 is 1.83 bits per heavy atom. The monoisotopic (exact) mass is 217 g/mol. The van der Waals surface area contributed by atoms with Gasteiger partial charge < -0.3 is 6.15 Å². The van der Waals surface area contributed by atoms with Gasteiger partial charge in [-0.05, 0) is 0 Å². The standard InChI is InChI=1S/C3H6Br2.H3N/c1-3(5)2-4;/h3H,2H2,1H3;1H3. The summed E-state index contributed by atoms with van der Waals surface area (Å²) in [6.07, 6.45) is 0. The first-order valence-corrected chi connectivity index (χ1v) is 3.51. The van der Waals surface area contributed by atoms with E-state index < -0.39 is 0 Å². The smallest absolute Gasteiger partial charge is 0.0214 e. The van der Waals surface area contributed by atoms with Crippen molar-refractivity contribution in [3.8, 4) is 0 Å². The molecule has 0 amide bonds. The third-order valence-corrected chi connectivity index (χ3v) is 2.38. The minimum Gasteiger partial charge on any atom is -0.344 e. The fourth-order valence-electron chi connectivity index (χ4n) is 0. The van der Waals surface area contributed by atoms with E-state index in [0.29, 0.717) is 4.83 Å². The fourth-order valence-corrected chi connectivity index (χ4v) is 0. The van der Waals surface area contributed by atoms with Crippen molar-refractivity contribution in [2.75, 3.05) is 5.33 Å². The van der Waals surface area contributed by atoms with Crippen LogP contribution in [0.5, 0.6) is 0 Å². The second kappa shape index (κ2) is 5.92.